The van der Waals surface area contributed by atoms with Gasteiger partial charge in [-0.25, -0.2) is 4.98 Å². The molecule has 0 saturated heterocycles. The Kier molecular flexibility index (Phi) is 6.33. The minimum Gasteiger partial charge on any atom is -0.469 e. The van der Waals surface area contributed by atoms with Crippen LogP contribution in [0.3, 0.4) is 0 Å². The molecule has 0 amide bonds. The van der Waals surface area contributed by atoms with E-state index in [9.17, 15) is 4.79 Å². The van der Waals surface area contributed by atoms with Crippen molar-refractivity contribution in [3.63, 3.8) is 0 Å². The Balaban J connectivity index is 2.71. The molecule has 0 radical (unpaired) electrons. The van der Waals surface area contributed by atoms with Crippen LogP contribution in [0.15, 0.2) is 18.3 Å². The fourth-order valence-corrected chi connectivity index (χ4v) is 1.51. The molecule has 6 nitrogen and oxygen atoms in total. The van der Waals surface area contributed by atoms with Crippen LogP contribution in [0, 0.1) is 11.3 Å². The van der Waals surface area contributed by atoms with Crippen molar-refractivity contribution in [1.29, 1.82) is 5.26 Å². The Morgan fingerprint density at radius 2 is 2.21 bits per heavy atom. The van der Waals surface area contributed by atoms with Crippen LogP contribution in [-0.4, -0.2) is 44.9 Å². The summed E-state index contributed by atoms with van der Waals surface area (Å²) in [4.78, 5) is 17.3. The zero-order valence-electron chi connectivity index (χ0n) is 11.1. The lowest BCUT2D eigenvalue weighted by Gasteiger charge is -2.22. The lowest BCUT2D eigenvalue weighted by Crippen LogP contribution is -2.30. The lowest BCUT2D eigenvalue weighted by molar-refractivity contribution is -0.140. The maximum absolute atomic E-state index is 11.2. The van der Waals surface area contributed by atoms with Gasteiger partial charge in [-0.15, -0.1) is 0 Å². The molecule has 6 heteroatoms. The maximum atomic E-state index is 11.2. The standard InChI is InChI=1S/C13H17N3O3/c1-18-8-7-16(6-5-13(17)19-2)12-4-3-11(9-14)10-15-12/h3-4,10H,5-8H2,1-2H3. The molecule has 0 unspecified atom stereocenters. The summed E-state index contributed by atoms with van der Waals surface area (Å²) in [6.45, 7) is 1.64. The fraction of sp³-hybridized carbons (Fsp3) is 0.462. The van der Waals surface area contributed by atoms with Crippen molar-refractivity contribution in [2.75, 3.05) is 38.8 Å². The molecule has 1 rings (SSSR count). The molecule has 0 aliphatic carbocycles. The number of ether oxygens (including phenoxy) is 2. The van der Waals surface area contributed by atoms with Crippen LogP contribution < -0.4 is 4.90 Å². The van der Waals surface area contributed by atoms with Gasteiger partial charge in [0.2, 0.25) is 0 Å². The molecule has 0 N–H and O–H groups in total. The monoisotopic (exact) mass is 263 g/mol. The molecule has 0 aliphatic rings. The van der Waals surface area contributed by atoms with Crippen molar-refractivity contribution in [2.24, 2.45) is 0 Å². The van der Waals surface area contributed by atoms with Crippen LogP contribution in [-0.2, 0) is 14.3 Å². The first-order valence-electron chi connectivity index (χ1n) is 5.88. The van der Waals surface area contributed by atoms with Gasteiger partial charge in [0.15, 0.2) is 0 Å². The predicted octanol–water partition coefficient (Wildman–Crippen LogP) is 0.969. The number of pyridine rings is 1. The van der Waals surface area contributed by atoms with Gasteiger partial charge in [-0.05, 0) is 12.1 Å². The van der Waals surface area contributed by atoms with Crippen molar-refractivity contribution in [3.05, 3.63) is 23.9 Å². The third kappa shape index (κ3) is 4.94. The van der Waals surface area contributed by atoms with E-state index in [-0.39, 0.29) is 12.4 Å². The van der Waals surface area contributed by atoms with Gasteiger partial charge in [0, 0.05) is 26.4 Å². The number of nitrogens with zero attached hydrogens (tertiary/aromatic N) is 3. The number of methoxy groups -OCH3 is 2. The molecule has 0 fully saturated rings. The van der Waals surface area contributed by atoms with E-state index in [1.54, 1.807) is 19.2 Å². The van der Waals surface area contributed by atoms with Crippen molar-refractivity contribution < 1.29 is 14.3 Å². The molecule has 1 aromatic rings. The zero-order valence-corrected chi connectivity index (χ0v) is 11.1. The van der Waals surface area contributed by atoms with E-state index in [1.807, 2.05) is 11.0 Å². The maximum Gasteiger partial charge on any atom is 0.307 e. The Hall–Kier alpha value is -2.13. The first kappa shape index (κ1) is 14.9. The molecule has 102 valence electrons. The summed E-state index contributed by atoms with van der Waals surface area (Å²) in [5.74, 6) is 0.441. The molecule has 1 heterocycles. The van der Waals surface area contributed by atoms with Gasteiger partial charge in [-0.1, -0.05) is 0 Å². The molecular weight excluding hydrogens is 246 g/mol. The van der Waals surface area contributed by atoms with Gasteiger partial charge in [-0.2, -0.15) is 5.26 Å². The summed E-state index contributed by atoms with van der Waals surface area (Å²) < 4.78 is 9.65. The Bertz CT molecular complexity index is 439. The van der Waals surface area contributed by atoms with Crippen LogP contribution in [0.4, 0.5) is 5.82 Å². The number of aromatic nitrogens is 1. The van der Waals surface area contributed by atoms with Crippen LogP contribution in [0.5, 0.6) is 0 Å². The molecule has 0 aliphatic heterocycles. The average molecular weight is 263 g/mol. The van der Waals surface area contributed by atoms with Crippen molar-refractivity contribution in [2.45, 2.75) is 6.42 Å². The number of rotatable bonds is 7. The second-order valence-corrected chi connectivity index (χ2v) is 3.82. The highest BCUT2D eigenvalue weighted by Gasteiger charge is 2.10. The van der Waals surface area contributed by atoms with Crippen molar-refractivity contribution >= 4 is 11.8 Å². The van der Waals surface area contributed by atoms with Gasteiger partial charge < -0.3 is 14.4 Å². The molecule has 0 spiro atoms. The molecule has 19 heavy (non-hydrogen) atoms. The second-order valence-electron chi connectivity index (χ2n) is 3.82. The lowest BCUT2D eigenvalue weighted by atomic mass is 10.3. The van der Waals surface area contributed by atoms with E-state index in [1.165, 1.54) is 13.3 Å². The van der Waals surface area contributed by atoms with Gasteiger partial charge in [0.25, 0.3) is 0 Å². The highest BCUT2D eigenvalue weighted by atomic mass is 16.5. The smallest absolute Gasteiger partial charge is 0.307 e. The highest BCUT2D eigenvalue weighted by Crippen LogP contribution is 2.11. The SMILES string of the molecule is COCCN(CCC(=O)OC)c1ccc(C#N)cn1. The highest BCUT2D eigenvalue weighted by molar-refractivity contribution is 5.69. The van der Waals surface area contributed by atoms with Gasteiger partial charge in [0.05, 0.1) is 25.7 Å². The Morgan fingerprint density at radius 1 is 1.42 bits per heavy atom. The van der Waals surface area contributed by atoms with E-state index in [4.69, 9.17) is 10.00 Å². The Labute approximate surface area is 112 Å². The third-order valence-electron chi connectivity index (χ3n) is 2.58. The molecule has 0 aromatic carbocycles. The van der Waals surface area contributed by atoms with E-state index in [0.717, 1.165) is 0 Å². The summed E-state index contributed by atoms with van der Waals surface area (Å²) in [5.41, 5.74) is 0.503. The van der Waals surface area contributed by atoms with Gasteiger partial charge in [-0.3, -0.25) is 4.79 Å². The molecular formula is C13H17N3O3. The minimum atomic E-state index is -0.268. The summed E-state index contributed by atoms with van der Waals surface area (Å²) in [6.07, 6.45) is 1.79. The van der Waals surface area contributed by atoms with Crippen molar-refractivity contribution in [3.8, 4) is 6.07 Å². The van der Waals surface area contributed by atoms with Crippen molar-refractivity contribution in [1.82, 2.24) is 4.98 Å². The largest absolute Gasteiger partial charge is 0.469 e. The molecule has 0 atom stereocenters. The minimum absolute atomic E-state index is 0.268. The number of hydrogen-bond donors (Lipinski definition) is 0. The van der Waals surface area contributed by atoms with E-state index >= 15 is 0 Å². The first-order chi connectivity index (χ1) is 9.21. The molecule has 0 saturated carbocycles. The van der Waals surface area contributed by atoms with Crippen LogP contribution in [0.25, 0.3) is 0 Å². The van der Waals surface area contributed by atoms with E-state index in [2.05, 4.69) is 9.72 Å². The van der Waals surface area contributed by atoms with E-state index < -0.39 is 0 Å². The van der Waals surface area contributed by atoms with Crippen LogP contribution >= 0.6 is 0 Å². The number of nitriles is 1. The zero-order chi connectivity index (χ0) is 14.1. The number of anilines is 1. The summed E-state index contributed by atoms with van der Waals surface area (Å²) in [7, 11) is 2.98. The third-order valence-corrected chi connectivity index (χ3v) is 2.58. The number of carbonyl (C=O) groups excluding carboxylic acids is 1. The van der Waals surface area contributed by atoms with Gasteiger partial charge >= 0.3 is 5.97 Å². The first-order valence-corrected chi connectivity index (χ1v) is 5.88. The quantitative estimate of drug-likeness (QED) is 0.682. The summed E-state index contributed by atoms with van der Waals surface area (Å²) >= 11 is 0. The fourth-order valence-electron chi connectivity index (χ4n) is 1.51. The predicted molar refractivity (Wildman–Crippen MR) is 69.7 cm³/mol. The normalized spacial score (nSPS) is 9.74. The van der Waals surface area contributed by atoms with Crippen LogP contribution in [0.2, 0.25) is 0 Å². The molecule has 0 bridgehead atoms. The number of esters is 1. The molecule has 1 aromatic heterocycles. The van der Waals surface area contributed by atoms with E-state index in [0.29, 0.717) is 31.1 Å². The number of hydrogen-bond acceptors (Lipinski definition) is 6. The summed E-state index contributed by atoms with van der Waals surface area (Å²) in [6, 6.07) is 5.47. The summed E-state index contributed by atoms with van der Waals surface area (Å²) in [5, 5.41) is 8.73. The second kappa shape index (κ2) is 8.06. The van der Waals surface area contributed by atoms with Crippen LogP contribution in [0.1, 0.15) is 12.0 Å². The van der Waals surface area contributed by atoms with Gasteiger partial charge in [0.1, 0.15) is 11.9 Å². The Morgan fingerprint density at radius 3 is 2.74 bits per heavy atom. The topological polar surface area (TPSA) is 75.4 Å². The number of carbonyl (C=O) groups is 1. The average Bonchev–Trinajstić information content (AvgIpc) is 2.47.